The Kier molecular flexibility index (Phi) is 4.20. The summed E-state index contributed by atoms with van der Waals surface area (Å²) in [4.78, 5) is 2.32. The standard InChI is InChI=1S/C13H19BrN2O/c1-16(13(9-15)5-6-17-10-13)8-11-3-2-4-12(14)7-11/h2-4,7H,5-6,8-10,15H2,1H3. The van der Waals surface area contributed by atoms with Crippen LogP contribution >= 0.6 is 15.9 Å². The lowest BCUT2D eigenvalue weighted by molar-refractivity contribution is 0.0882. The van der Waals surface area contributed by atoms with Crippen molar-refractivity contribution in [3.05, 3.63) is 34.3 Å². The minimum atomic E-state index is 0.0162. The van der Waals surface area contributed by atoms with E-state index in [1.807, 2.05) is 6.07 Å². The average Bonchev–Trinajstić information content (AvgIpc) is 2.78. The number of ether oxygens (including phenoxy) is 1. The molecule has 1 atom stereocenters. The fraction of sp³-hybridized carbons (Fsp3) is 0.538. The Balaban J connectivity index is 2.07. The van der Waals surface area contributed by atoms with E-state index in [9.17, 15) is 0 Å². The lowest BCUT2D eigenvalue weighted by atomic mass is 9.96. The summed E-state index contributed by atoms with van der Waals surface area (Å²) >= 11 is 3.50. The Morgan fingerprint density at radius 3 is 2.94 bits per heavy atom. The molecule has 0 aliphatic carbocycles. The first-order valence-corrected chi connectivity index (χ1v) is 6.69. The highest BCUT2D eigenvalue weighted by atomic mass is 79.9. The minimum Gasteiger partial charge on any atom is -0.379 e. The van der Waals surface area contributed by atoms with Crippen molar-refractivity contribution in [2.45, 2.75) is 18.5 Å². The van der Waals surface area contributed by atoms with Gasteiger partial charge in [-0.15, -0.1) is 0 Å². The van der Waals surface area contributed by atoms with Crippen LogP contribution in [0, 0.1) is 0 Å². The Morgan fingerprint density at radius 1 is 1.53 bits per heavy atom. The van der Waals surface area contributed by atoms with Crippen LogP contribution in [0.2, 0.25) is 0 Å². The zero-order chi connectivity index (χ0) is 12.3. The van der Waals surface area contributed by atoms with Gasteiger partial charge in [-0.25, -0.2) is 0 Å². The first-order valence-electron chi connectivity index (χ1n) is 5.90. The topological polar surface area (TPSA) is 38.5 Å². The molecule has 0 spiro atoms. The van der Waals surface area contributed by atoms with Gasteiger partial charge in [0.15, 0.2) is 0 Å². The number of benzene rings is 1. The maximum Gasteiger partial charge on any atom is 0.0663 e. The zero-order valence-electron chi connectivity index (χ0n) is 10.2. The molecule has 1 aliphatic heterocycles. The van der Waals surface area contributed by atoms with Crippen molar-refractivity contribution in [2.24, 2.45) is 5.73 Å². The maximum atomic E-state index is 5.92. The highest BCUT2D eigenvalue weighted by Gasteiger charge is 2.37. The van der Waals surface area contributed by atoms with E-state index in [1.165, 1.54) is 5.56 Å². The molecular formula is C13H19BrN2O. The number of hydrogen-bond acceptors (Lipinski definition) is 3. The zero-order valence-corrected chi connectivity index (χ0v) is 11.7. The van der Waals surface area contributed by atoms with E-state index >= 15 is 0 Å². The van der Waals surface area contributed by atoms with Gasteiger partial charge in [0.25, 0.3) is 0 Å². The molecule has 2 rings (SSSR count). The molecule has 1 aromatic carbocycles. The molecule has 1 aromatic rings. The van der Waals surface area contributed by atoms with Crippen LogP contribution < -0.4 is 5.73 Å². The van der Waals surface area contributed by atoms with Gasteiger partial charge < -0.3 is 10.5 Å². The fourth-order valence-corrected chi connectivity index (χ4v) is 2.74. The third kappa shape index (κ3) is 2.88. The number of hydrogen-bond donors (Lipinski definition) is 1. The molecule has 94 valence electrons. The van der Waals surface area contributed by atoms with Crippen LogP contribution in [0.4, 0.5) is 0 Å². The van der Waals surface area contributed by atoms with Crippen molar-refractivity contribution in [3.8, 4) is 0 Å². The van der Waals surface area contributed by atoms with Gasteiger partial charge in [-0.05, 0) is 31.2 Å². The summed E-state index contributed by atoms with van der Waals surface area (Å²) in [7, 11) is 2.13. The molecule has 1 unspecified atom stereocenters. The van der Waals surface area contributed by atoms with Crippen molar-refractivity contribution < 1.29 is 4.74 Å². The van der Waals surface area contributed by atoms with Crippen molar-refractivity contribution in [3.63, 3.8) is 0 Å². The number of nitrogens with two attached hydrogens (primary N) is 1. The van der Waals surface area contributed by atoms with Gasteiger partial charge in [-0.1, -0.05) is 28.1 Å². The molecule has 1 aliphatic rings. The van der Waals surface area contributed by atoms with Gasteiger partial charge in [0, 0.05) is 24.2 Å². The normalized spacial score (nSPS) is 24.5. The summed E-state index contributed by atoms with van der Waals surface area (Å²) in [5.41, 5.74) is 7.23. The monoisotopic (exact) mass is 298 g/mol. The van der Waals surface area contributed by atoms with E-state index in [2.05, 4.69) is 46.1 Å². The van der Waals surface area contributed by atoms with Crippen LogP contribution in [-0.4, -0.2) is 37.2 Å². The molecule has 0 amide bonds. The SMILES string of the molecule is CN(Cc1cccc(Br)c1)C1(CN)CCOC1. The fourth-order valence-electron chi connectivity index (χ4n) is 2.29. The van der Waals surface area contributed by atoms with Crippen LogP contribution in [0.1, 0.15) is 12.0 Å². The third-order valence-electron chi connectivity index (χ3n) is 3.58. The molecule has 4 heteroatoms. The maximum absolute atomic E-state index is 5.92. The van der Waals surface area contributed by atoms with Gasteiger partial charge in [-0.3, -0.25) is 4.90 Å². The molecule has 0 saturated carbocycles. The van der Waals surface area contributed by atoms with Crippen LogP contribution in [0.15, 0.2) is 28.7 Å². The quantitative estimate of drug-likeness (QED) is 0.924. The Labute approximate surface area is 111 Å². The lowest BCUT2D eigenvalue weighted by Gasteiger charge is -2.36. The van der Waals surface area contributed by atoms with Crippen LogP contribution in [0.5, 0.6) is 0 Å². The number of likely N-dealkylation sites (N-methyl/N-ethyl adjacent to an activating group) is 1. The molecule has 0 radical (unpaired) electrons. The van der Waals surface area contributed by atoms with Gasteiger partial charge in [-0.2, -0.15) is 0 Å². The summed E-state index contributed by atoms with van der Waals surface area (Å²) < 4.78 is 6.62. The second kappa shape index (κ2) is 5.48. The van der Waals surface area contributed by atoms with Crippen LogP contribution in [-0.2, 0) is 11.3 Å². The van der Waals surface area contributed by atoms with Gasteiger partial charge >= 0.3 is 0 Å². The molecule has 1 heterocycles. The first kappa shape index (κ1) is 13.0. The Hall–Kier alpha value is -0.420. The summed E-state index contributed by atoms with van der Waals surface area (Å²) in [5.74, 6) is 0. The van der Waals surface area contributed by atoms with Crippen LogP contribution in [0.25, 0.3) is 0 Å². The minimum absolute atomic E-state index is 0.0162. The van der Waals surface area contributed by atoms with Crippen molar-refractivity contribution >= 4 is 15.9 Å². The summed E-state index contributed by atoms with van der Waals surface area (Å²) in [6.45, 7) is 3.12. The second-order valence-corrected chi connectivity index (χ2v) is 5.63. The van der Waals surface area contributed by atoms with Gasteiger partial charge in [0.2, 0.25) is 0 Å². The Morgan fingerprint density at radius 2 is 2.35 bits per heavy atom. The summed E-state index contributed by atoms with van der Waals surface area (Å²) in [6.07, 6.45) is 1.02. The second-order valence-electron chi connectivity index (χ2n) is 4.72. The highest BCUT2D eigenvalue weighted by Crippen LogP contribution is 2.26. The van der Waals surface area contributed by atoms with E-state index < -0.39 is 0 Å². The summed E-state index contributed by atoms with van der Waals surface area (Å²) in [6, 6.07) is 8.40. The molecule has 0 aromatic heterocycles. The van der Waals surface area contributed by atoms with E-state index in [-0.39, 0.29) is 5.54 Å². The third-order valence-corrected chi connectivity index (χ3v) is 4.07. The smallest absolute Gasteiger partial charge is 0.0663 e. The molecule has 1 fully saturated rings. The summed E-state index contributed by atoms with van der Waals surface area (Å²) in [5, 5.41) is 0. The lowest BCUT2D eigenvalue weighted by Crippen LogP contribution is -2.52. The first-order chi connectivity index (χ1) is 8.16. The van der Waals surface area contributed by atoms with Crippen molar-refractivity contribution in [1.29, 1.82) is 0 Å². The van der Waals surface area contributed by atoms with E-state index in [0.29, 0.717) is 6.54 Å². The van der Waals surface area contributed by atoms with Gasteiger partial charge in [0.1, 0.15) is 0 Å². The molecule has 0 bridgehead atoms. The number of nitrogens with zero attached hydrogens (tertiary/aromatic N) is 1. The average molecular weight is 299 g/mol. The van der Waals surface area contributed by atoms with Gasteiger partial charge in [0.05, 0.1) is 12.1 Å². The van der Waals surface area contributed by atoms with E-state index in [4.69, 9.17) is 10.5 Å². The molecule has 2 N–H and O–H groups in total. The van der Waals surface area contributed by atoms with E-state index in [1.54, 1.807) is 0 Å². The number of halogens is 1. The molecule has 17 heavy (non-hydrogen) atoms. The van der Waals surface area contributed by atoms with Crippen molar-refractivity contribution in [1.82, 2.24) is 4.90 Å². The molecular weight excluding hydrogens is 280 g/mol. The largest absolute Gasteiger partial charge is 0.379 e. The van der Waals surface area contributed by atoms with E-state index in [0.717, 1.165) is 30.7 Å². The van der Waals surface area contributed by atoms with Crippen LogP contribution in [0.3, 0.4) is 0 Å². The predicted octanol–water partition coefficient (Wildman–Crippen LogP) is 2.00. The predicted molar refractivity (Wildman–Crippen MR) is 72.8 cm³/mol. The highest BCUT2D eigenvalue weighted by molar-refractivity contribution is 9.10. The number of rotatable bonds is 4. The molecule has 3 nitrogen and oxygen atoms in total. The Bertz CT molecular complexity index is 377. The van der Waals surface area contributed by atoms with Crippen molar-refractivity contribution in [2.75, 3.05) is 26.8 Å². The molecule has 1 saturated heterocycles.